The fraction of sp³-hybridized carbons (Fsp3) is 0.385. The Morgan fingerprint density at radius 2 is 1.75 bits per heavy atom. The highest BCUT2D eigenvalue weighted by Crippen LogP contribution is 2.43. The van der Waals surface area contributed by atoms with Gasteiger partial charge >= 0.3 is 6.18 Å². The Balaban J connectivity index is 1.44. The van der Waals surface area contributed by atoms with Crippen molar-refractivity contribution < 1.29 is 22.8 Å². The first-order chi connectivity index (χ1) is 15.2. The van der Waals surface area contributed by atoms with Crippen LogP contribution in [0.2, 0.25) is 0 Å². The molecule has 2 aromatic rings. The number of hydrogen-bond acceptors (Lipinski definition) is 3. The lowest BCUT2D eigenvalue weighted by atomic mass is 9.84. The van der Waals surface area contributed by atoms with Gasteiger partial charge in [-0.1, -0.05) is 30.3 Å². The highest BCUT2D eigenvalue weighted by Gasteiger charge is 2.41. The first-order valence-electron chi connectivity index (χ1n) is 11.1. The second-order valence-corrected chi connectivity index (χ2v) is 9.07. The average Bonchev–Trinajstić information content (AvgIpc) is 3.34. The third kappa shape index (κ3) is 3.46. The highest BCUT2D eigenvalue weighted by molar-refractivity contribution is 6.28. The Labute approximate surface area is 184 Å². The first kappa shape index (κ1) is 21.0. The van der Waals surface area contributed by atoms with Gasteiger partial charge in [-0.05, 0) is 67.9 Å². The predicted octanol–water partition coefficient (Wildman–Crippen LogP) is 5.62. The molecule has 0 aromatic heterocycles. The molecule has 2 fully saturated rings. The van der Waals surface area contributed by atoms with Crippen molar-refractivity contribution in [2.75, 3.05) is 4.90 Å². The molecule has 3 nitrogen and oxygen atoms in total. The molecule has 0 saturated carbocycles. The summed E-state index contributed by atoms with van der Waals surface area (Å²) in [5, 5.41) is 0. The van der Waals surface area contributed by atoms with Crippen LogP contribution in [0.25, 0.3) is 0 Å². The number of rotatable bonds is 4. The Kier molecular flexibility index (Phi) is 4.99. The number of aryl methyl sites for hydroxylation is 1. The molecule has 5 rings (SSSR count). The average molecular weight is 439 g/mol. The zero-order valence-electron chi connectivity index (χ0n) is 17.8. The van der Waals surface area contributed by atoms with Crippen molar-refractivity contribution in [2.24, 2.45) is 0 Å². The van der Waals surface area contributed by atoms with Gasteiger partial charge in [0.15, 0.2) is 11.6 Å². The smallest absolute Gasteiger partial charge is 0.366 e. The number of benzene rings is 2. The number of Topliss-reactive ketones (excluding diaryl/α,β-unsaturated/α-hetero) is 2. The molecule has 0 atom stereocenters. The maximum Gasteiger partial charge on any atom is 0.416 e. The summed E-state index contributed by atoms with van der Waals surface area (Å²) in [6.45, 7) is 1.80. The minimum Gasteiger partial charge on any atom is -0.366 e. The Morgan fingerprint density at radius 1 is 1.06 bits per heavy atom. The van der Waals surface area contributed by atoms with Gasteiger partial charge in [0, 0.05) is 29.8 Å². The summed E-state index contributed by atoms with van der Waals surface area (Å²) in [4.78, 5) is 28.0. The number of fused-ring (bicyclic) bond motifs is 3. The van der Waals surface area contributed by atoms with E-state index in [1.54, 1.807) is 25.1 Å². The Hall–Kier alpha value is -2.89. The molecular formula is C26H24F3NO2. The van der Waals surface area contributed by atoms with Gasteiger partial charge in [0.25, 0.3) is 0 Å². The molecule has 2 heterocycles. The van der Waals surface area contributed by atoms with Crippen LogP contribution in [-0.4, -0.2) is 23.7 Å². The number of carbonyl (C=O) groups excluding carboxylic acids is 2. The molecule has 2 aromatic carbocycles. The van der Waals surface area contributed by atoms with Gasteiger partial charge in [-0.3, -0.25) is 9.59 Å². The number of anilines is 1. The summed E-state index contributed by atoms with van der Waals surface area (Å²) in [7, 11) is 0. The summed E-state index contributed by atoms with van der Waals surface area (Å²) < 4.78 is 41.8. The van der Waals surface area contributed by atoms with Gasteiger partial charge in [0.1, 0.15) is 0 Å². The quantitative estimate of drug-likeness (QED) is 0.580. The lowest BCUT2D eigenvalue weighted by molar-refractivity contribution is -0.138. The van der Waals surface area contributed by atoms with Crippen LogP contribution >= 0.6 is 0 Å². The molecule has 2 aliphatic heterocycles. The standard InChI is InChI=1S/C26H24F3NO2/c1-15-3-2-4-16-6-12-21(25(32)24(15)16)23(31)13-17-5-7-20(14-22(17)26(27,28)29)30-18-8-9-19(30)11-10-18/h2-5,7,12,14,18-19H,6,8-11,13H2,1H3. The Bertz CT molecular complexity index is 1130. The van der Waals surface area contributed by atoms with E-state index in [2.05, 4.69) is 4.90 Å². The van der Waals surface area contributed by atoms with Crippen LogP contribution in [0.1, 0.15) is 58.3 Å². The summed E-state index contributed by atoms with van der Waals surface area (Å²) >= 11 is 0. The molecule has 0 spiro atoms. The maximum atomic E-state index is 13.9. The van der Waals surface area contributed by atoms with Crippen LogP contribution in [0, 0.1) is 6.92 Å². The van der Waals surface area contributed by atoms with Gasteiger partial charge in [-0.2, -0.15) is 13.2 Å². The minimum absolute atomic E-state index is 0.0124. The van der Waals surface area contributed by atoms with Crippen molar-refractivity contribution >= 4 is 17.3 Å². The van der Waals surface area contributed by atoms with Gasteiger partial charge in [-0.15, -0.1) is 0 Å². The molecule has 166 valence electrons. The molecule has 0 N–H and O–H groups in total. The molecule has 0 unspecified atom stereocenters. The summed E-state index contributed by atoms with van der Waals surface area (Å²) in [5.41, 5.74) is 1.81. The molecule has 0 radical (unpaired) electrons. The van der Waals surface area contributed by atoms with E-state index in [9.17, 15) is 22.8 Å². The molecule has 1 aliphatic carbocycles. The van der Waals surface area contributed by atoms with Crippen LogP contribution < -0.4 is 4.90 Å². The number of carbonyl (C=O) groups is 2. The Morgan fingerprint density at radius 3 is 2.41 bits per heavy atom. The van der Waals surface area contributed by atoms with Crippen molar-refractivity contribution in [1.82, 2.24) is 0 Å². The summed E-state index contributed by atoms with van der Waals surface area (Å²) in [5.74, 6) is -0.962. The monoisotopic (exact) mass is 439 g/mol. The fourth-order valence-corrected chi connectivity index (χ4v) is 5.65. The van der Waals surface area contributed by atoms with E-state index in [1.165, 1.54) is 12.1 Å². The zero-order valence-corrected chi connectivity index (χ0v) is 17.8. The number of alkyl halides is 3. The van der Waals surface area contributed by atoms with E-state index in [0.717, 1.165) is 36.8 Å². The number of nitrogens with zero attached hydrogens (tertiary/aromatic N) is 1. The second-order valence-electron chi connectivity index (χ2n) is 9.07. The van der Waals surface area contributed by atoms with E-state index in [1.807, 2.05) is 12.1 Å². The van der Waals surface area contributed by atoms with E-state index in [0.29, 0.717) is 29.8 Å². The van der Waals surface area contributed by atoms with E-state index < -0.39 is 29.7 Å². The van der Waals surface area contributed by atoms with Gasteiger partial charge < -0.3 is 4.90 Å². The van der Waals surface area contributed by atoms with Crippen LogP contribution in [0.4, 0.5) is 18.9 Å². The predicted molar refractivity (Wildman–Crippen MR) is 116 cm³/mol. The lowest BCUT2D eigenvalue weighted by Gasteiger charge is -2.26. The number of hydrogen-bond donors (Lipinski definition) is 0. The van der Waals surface area contributed by atoms with E-state index in [4.69, 9.17) is 0 Å². The van der Waals surface area contributed by atoms with Crippen molar-refractivity contribution in [3.8, 4) is 0 Å². The summed E-state index contributed by atoms with van der Waals surface area (Å²) in [6, 6.07) is 10.4. The SMILES string of the molecule is Cc1cccc2c1C(=O)C(C(=O)Cc1ccc(N3C4CCC3CC4)cc1C(F)(F)F)=CC2. The molecule has 3 aliphatic rings. The summed E-state index contributed by atoms with van der Waals surface area (Å²) in [6.07, 6.45) is 1.03. The largest absolute Gasteiger partial charge is 0.416 e. The van der Waals surface area contributed by atoms with Gasteiger partial charge in [0.2, 0.25) is 0 Å². The third-order valence-corrected chi connectivity index (χ3v) is 7.16. The molecule has 0 amide bonds. The molecular weight excluding hydrogens is 415 g/mol. The maximum absolute atomic E-state index is 13.9. The third-order valence-electron chi connectivity index (χ3n) is 7.16. The lowest BCUT2D eigenvalue weighted by Crippen LogP contribution is -2.28. The van der Waals surface area contributed by atoms with Gasteiger partial charge in [0.05, 0.1) is 11.1 Å². The highest BCUT2D eigenvalue weighted by atomic mass is 19.4. The normalized spacial score (nSPS) is 22.2. The molecule has 2 saturated heterocycles. The minimum atomic E-state index is -4.57. The number of halogens is 3. The van der Waals surface area contributed by atoms with Crippen molar-refractivity contribution in [2.45, 2.75) is 63.7 Å². The van der Waals surface area contributed by atoms with Crippen LogP contribution in [0.15, 0.2) is 48.0 Å². The number of ketones is 2. The van der Waals surface area contributed by atoms with E-state index >= 15 is 0 Å². The zero-order chi connectivity index (χ0) is 22.6. The van der Waals surface area contributed by atoms with Crippen LogP contribution in [0.5, 0.6) is 0 Å². The van der Waals surface area contributed by atoms with Crippen LogP contribution in [0.3, 0.4) is 0 Å². The fourth-order valence-electron chi connectivity index (χ4n) is 5.65. The molecule has 6 heteroatoms. The first-order valence-corrected chi connectivity index (χ1v) is 11.1. The topological polar surface area (TPSA) is 37.4 Å². The van der Waals surface area contributed by atoms with E-state index in [-0.39, 0.29) is 11.1 Å². The molecule has 2 bridgehead atoms. The second kappa shape index (κ2) is 7.61. The van der Waals surface area contributed by atoms with Crippen LogP contribution in [-0.2, 0) is 23.8 Å². The van der Waals surface area contributed by atoms with Crippen molar-refractivity contribution in [3.05, 3.63) is 75.9 Å². The number of allylic oxidation sites excluding steroid dienone is 2. The van der Waals surface area contributed by atoms with Crippen molar-refractivity contribution in [3.63, 3.8) is 0 Å². The van der Waals surface area contributed by atoms with Gasteiger partial charge in [-0.25, -0.2) is 0 Å². The van der Waals surface area contributed by atoms with Crippen molar-refractivity contribution in [1.29, 1.82) is 0 Å². The molecule has 32 heavy (non-hydrogen) atoms.